The van der Waals surface area contributed by atoms with Gasteiger partial charge in [-0.2, -0.15) is 0 Å². The molecule has 0 radical (unpaired) electrons. The lowest BCUT2D eigenvalue weighted by molar-refractivity contribution is -0.129. The van der Waals surface area contributed by atoms with Crippen molar-refractivity contribution in [2.24, 2.45) is 0 Å². The van der Waals surface area contributed by atoms with Crippen LogP contribution in [0.2, 0.25) is 0 Å². The highest BCUT2D eigenvalue weighted by Crippen LogP contribution is 2.22. The van der Waals surface area contributed by atoms with Crippen molar-refractivity contribution in [2.45, 2.75) is 25.9 Å². The Morgan fingerprint density at radius 1 is 1.27 bits per heavy atom. The van der Waals surface area contributed by atoms with Crippen molar-refractivity contribution in [1.82, 2.24) is 14.9 Å². The van der Waals surface area contributed by atoms with Crippen molar-refractivity contribution in [2.75, 3.05) is 18.5 Å². The van der Waals surface area contributed by atoms with Crippen molar-refractivity contribution >= 4 is 11.7 Å². The van der Waals surface area contributed by atoms with Crippen molar-refractivity contribution in [3.8, 4) is 0 Å². The van der Waals surface area contributed by atoms with Crippen LogP contribution in [0.1, 0.15) is 17.8 Å². The van der Waals surface area contributed by atoms with Gasteiger partial charge in [0.25, 0.3) is 0 Å². The SMILES string of the molecule is Cc1nccc(N(C)C2CCN(Cc3ccccc3)C2=O)n1. The van der Waals surface area contributed by atoms with Gasteiger partial charge < -0.3 is 9.80 Å². The summed E-state index contributed by atoms with van der Waals surface area (Å²) in [6.45, 7) is 3.31. The number of benzene rings is 1. The molecule has 5 heteroatoms. The van der Waals surface area contributed by atoms with Gasteiger partial charge in [-0.25, -0.2) is 9.97 Å². The van der Waals surface area contributed by atoms with Gasteiger partial charge in [0.05, 0.1) is 0 Å². The molecule has 3 rings (SSSR count). The number of aromatic nitrogens is 2. The number of aryl methyl sites for hydroxylation is 1. The molecule has 1 saturated heterocycles. The van der Waals surface area contributed by atoms with E-state index in [-0.39, 0.29) is 11.9 Å². The van der Waals surface area contributed by atoms with E-state index >= 15 is 0 Å². The number of nitrogens with zero attached hydrogens (tertiary/aromatic N) is 4. The number of likely N-dealkylation sites (N-methyl/N-ethyl adjacent to an activating group) is 1. The molecule has 1 amide bonds. The minimum absolute atomic E-state index is 0.141. The maximum absolute atomic E-state index is 12.7. The molecular weight excluding hydrogens is 276 g/mol. The number of likely N-dealkylation sites (tertiary alicyclic amines) is 1. The van der Waals surface area contributed by atoms with Crippen LogP contribution in [-0.4, -0.2) is 40.4 Å². The van der Waals surface area contributed by atoms with Gasteiger partial charge in [0.2, 0.25) is 5.91 Å². The first-order valence-electron chi connectivity index (χ1n) is 7.50. The predicted octanol–water partition coefficient (Wildman–Crippen LogP) is 2.02. The second-order valence-electron chi connectivity index (χ2n) is 5.62. The molecule has 1 aliphatic heterocycles. The summed E-state index contributed by atoms with van der Waals surface area (Å²) >= 11 is 0. The van der Waals surface area contributed by atoms with Gasteiger partial charge in [0.15, 0.2) is 0 Å². The molecule has 1 aromatic carbocycles. The number of carbonyl (C=O) groups excluding carboxylic acids is 1. The Morgan fingerprint density at radius 3 is 2.77 bits per heavy atom. The van der Waals surface area contributed by atoms with E-state index < -0.39 is 0 Å². The zero-order valence-electron chi connectivity index (χ0n) is 12.9. The van der Waals surface area contributed by atoms with Crippen molar-refractivity contribution in [3.63, 3.8) is 0 Å². The molecule has 2 aromatic rings. The Balaban J connectivity index is 1.70. The summed E-state index contributed by atoms with van der Waals surface area (Å²) < 4.78 is 0. The number of anilines is 1. The fraction of sp³-hybridized carbons (Fsp3) is 0.353. The highest BCUT2D eigenvalue weighted by molar-refractivity contribution is 5.87. The minimum atomic E-state index is -0.141. The van der Waals surface area contributed by atoms with Gasteiger partial charge in [0, 0.05) is 26.3 Å². The van der Waals surface area contributed by atoms with E-state index in [9.17, 15) is 4.79 Å². The summed E-state index contributed by atoms with van der Waals surface area (Å²) in [5.41, 5.74) is 1.16. The molecule has 0 N–H and O–H groups in total. The molecule has 114 valence electrons. The molecule has 22 heavy (non-hydrogen) atoms. The quantitative estimate of drug-likeness (QED) is 0.866. The summed E-state index contributed by atoms with van der Waals surface area (Å²) in [6, 6.07) is 11.8. The summed E-state index contributed by atoms with van der Waals surface area (Å²) in [6.07, 6.45) is 2.56. The average molecular weight is 296 g/mol. The fourth-order valence-electron chi connectivity index (χ4n) is 2.84. The van der Waals surface area contributed by atoms with E-state index in [1.54, 1.807) is 6.20 Å². The molecule has 1 unspecified atom stereocenters. The van der Waals surface area contributed by atoms with E-state index in [1.807, 2.05) is 48.0 Å². The van der Waals surface area contributed by atoms with Gasteiger partial charge in [-0.3, -0.25) is 4.79 Å². The maximum atomic E-state index is 12.7. The summed E-state index contributed by atoms with van der Waals surface area (Å²) in [5.74, 6) is 1.69. The zero-order valence-corrected chi connectivity index (χ0v) is 12.9. The summed E-state index contributed by atoms with van der Waals surface area (Å²) in [4.78, 5) is 25.0. The predicted molar refractivity (Wildman–Crippen MR) is 85.4 cm³/mol. The Kier molecular flexibility index (Phi) is 4.04. The molecule has 0 aliphatic carbocycles. The summed E-state index contributed by atoms with van der Waals surface area (Å²) in [5, 5.41) is 0. The Labute approximate surface area is 130 Å². The van der Waals surface area contributed by atoms with Gasteiger partial charge >= 0.3 is 0 Å². The van der Waals surface area contributed by atoms with E-state index in [4.69, 9.17) is 0 Å². The lowest BCUT2D eigenvalue weighted by Crippen LogP contribution is -2.40. The molecule has 5 nitrogen and oxygen atoms in total. The number of hydrogen-bond donors (Lipinski definition) is 0. The van der Waals surface area contributed by atoms with Gasteiger partial charge in [-0.15, -0.1) is 0 Å². The van der Waals surface area contributed by atoms with Crippen LogP contribution < -0.4 is 4.90 Å². The molecule has 0 bridgehead atoms. The van der Waals surface area contributed by atoms with Crippen LogP contribution in [0, 0.1) is 6.92 Å². The summed E-state index contributed by atoms with van der Waals surface area (Å²) in [7, 11) is 1.93. The van der Waals surface area contributed by atoms with Crippen LogP contribution in [0.4, 0.5) is 5.82 Å². The van der Waals surface area contributed by atoms with Gasteiger partial charge in [-0.1, -0.05) is 30.3 Å². The molecule has 0 saturated carbocycles. The highest BCUT2D eigenvalue weighted by atomic mass is 16.2. The number of amides is 1. The fourth-order valence-corrected chi connectivity index (χ4v) is 2.84. The Hall–Kier alpha value is -2.43. The smallest absolute Gasteiger partial charge is 0.245 e. The van der Waals surface area contributed by atoms with Crippen LogP contribution in [0.5, 0.6) is 0 Å². The number of hydrogen-bond acceptors (Lipinski definition) is 4. The van der Waals surface area contributed by atoms with Crippen molar-refractivity contribution < 1.29 is 4.79 Å². The van der Waals surface area contributed by atoms with Gasteiger partial charge in [-0.05, 0) is 25.0 Å². The molecule has 1 aliphatic rings. The Morgan fingerprint density at radius 2 is 2.05 bits per heavy atom. The topological polar surface area (TPSA) is 49.3 Å². The molecule has 1 fully saturated rings. The van der Waals surface area contributed by atoms with E-state index in [1.165, 1.54) is 0 Å². The van der Waals surface area contributed by atoms with Crippen molar-refractivity contribution in [1.29, 1.82) is 0 Å². The third kappa shape index (κ3) is 2.93. The minimum Gasteiger partial charge on any atom is -0.347 e. The van der Waals surface area contributed by atoms with Crippen LogP contribution >= 0.6 is 0 Å². The number of carbonyl (C=O) groups is 1. The number of rotatable bonds is 4. The first kappa shape index (κ1) is 14.5. The van der Waals surface area contributed by atoms with Crippen LogP contribution in [0.15, 0.2) is 42.6 Å². The van der Waals surface area contributed by atoms with E-state index in [0.29, 0.717) is 6.54 Å². The van der Waals surface area contributed by atoms with Crippen molar-refractivity contribution in [3.05, 3.63) is 54.0 Å². The lowest BCUT2D eigenvalue weighted by Gasteiger charge is -2.25. The van der Waals surface area contributed by atoms with Crippen LogP contribution in [-0.2, 0) is 11.3 Å². The monoisotopic (exact) mass is 296 g/mol. The Bertz CT molecular complexity index is 659. The maximum Gasteiger partial charge on any atom is 0.245 e. The second kappa shape index (κ2) is 6.13. The van der Waals surface area contributed by atoms with Gasteiger partial charge in [0.1, 0.15) is 17.7 Å². The molecule has 0 spiro atoms. The average Bonchev–Trinajstić information content (AvgIpc) is 2.89. The van der Waals surface area contributed by atoms with E-state index in [2.05, 4.69) is 22.1 Å². The first-order valence-corrected chi connectivity index (χ1v) is 7.50. The third-order valence-electron chi connectivity index (χ3n) is 4.08. The first-order chi connectivity index (χ1) is 10.6. The third-order valence-corrected chi connectivity index (χ3v) is 4.08. The zero-order chi connectivity index (χ0) is 15.5. The molecule has 1 aromatic heterocycles. The largest absolute Gasteiger partial charge is 0.347 e. The van der Waals surface area contributed by atoms with E-state index in [0.717, 1.165) is 30.2 Å². The second-order valence-corrected chi connectivity index (χ2v) is 5.62. The van der Waals surface area contributed by atoms with Crippen LogP contribution in [0.25, 0.3) is 0 Å². The molecular formula is C17H20N4O. The highest BCUT2D eigenvalue weighted by Gasteiger charge is 2.34. The standard InChI is InChI=1S/C17H20N4O/c1-13-18-10-8-16(19-13)20(2)15-9-11-21(17(15)22)12-14-6-4-3-5-7-14/h3-8,10,15H,9,11-12H2,1-2H3. The van der Waals surface area contributed by atoms with Crippen LogP contribution in [0.3, 0.4) is 0 Å². The normalized spacial score (nSPS) is 17.8. The molecule has 1 atom stereocenters. The molecule has 2 heterocycles. The lowest BCUT2D eigenvalue weighted by atomic mass is 10.2.